The molecule has 0 aromatic heterocycles. The molecule has 12 nitrogen and oxygen atoms in total. The molecule has 3 amide bonds. The number of halogens is 3. The van der Waals surface area contributed by atoms with Crippen molar-refractivity contribution in [1.29, 1.82) is 0 Å². The third kappa shape index (κ3) is 5.95. The van der Waals surface area contributed by atoms with Crippen LogP contribution in [0.4, 0.5) is 13.2 Å². The van der Waals surface area contributed by atoms with Crippen molar-refractivity contribution in [2.24, 2.45) is 5.73 Å². The molecular weight excluding hydrogens is 503 g/mol. The molecule has 2 unspecified atom stereocenters. The SMILES string of the molecule is CC(=O)C(N)CSC1CC(=O)N(CCOC[C@@]23CO[C@@H](O2)[C@@H](NC(=O)C(F)(F)F)[C@@H](O)[C@H]3O)C1=O. The van der Waals surface area contributed by atoms with Crippen molar-refractivity contribution in [3.05, 3.63) is 0 Å². The number of carbonyl (C=O) groups is 4. The number of rotatable bonds is 10. The van der Waals surface area contributed by atoms with E-state index in [0.717, 1.165) is 16.7 Å². The number of carbonyl (C=O) groups excluding carboxylic acids is 4. The summed E-state index contributed by atoms with van der Waals surface area (Å²) in [6.45, 7) is 0.345. The maximum Gasteiger partial charge on any atom is 0.471 e. The van der Waals surface area contributed by atoms with Crippen molar-refractivity contribution in [3.8, 4) is 0 Å². The molecule has 35 heavy (non-hydrogen) atoms. The summed E-state index contributed by atoms with van der Waals surface area (Å²) < 4.78 is 53.8. The molecule has 0 saturated carbocycles. The van der Waals surface area contributed by atoms with Gasteiger partial charge in [0.2, 0.25) is 11.8 Å². The molecule has 0 aliphatic carbocycles. The van der Waals surface area contributed by atoms with E-state index in [2.05, 4.69) is 0 Å². The summed E-state index contributed by atoms with van der Waals surface area (Å²) in [5.41, 5.74) is 4.03. The van der Waals surface area contributed by atoms with Crippen molar-refractivity contribution in [2.75, 3.05) is 32.1 Å². The molecule has 0 aromatic carbocycles. The number of hydrogen-bond acceptors (Lipinski definition) is 11. The average molecular weight is 529 g/mol. The van der Waals surface area contributed by atoms with Gasteiger partial charge in [-0.05, 0) is 6.92 Å². The molecule has 198 valence electrons. The zero-order chi connectivity index (χ0) is 26.1. The lowest BCUT2D eigenvalue weighted by Gasteiger charge is -2.42. The predicted octanol–water partition coefficient (Wildman–Crippen LogP) is -2.33. The van der Waals surface area contributed by atoms with E-state index < -0.39 is 65.3 Å². The Balaban J connectivity index is 1.49. The molecule has 16 heteroatoms. The van der Waals surface area contributed by atoms with Gasteiger partial charge in [0, 0.05) is 12.2 Å². The number of thioether (sulfide) groups is 1. The number of nitrogens with two attached hydrogens (primary N) is 1. The van der Waals surface area contributed by atoms with Gasteiger partial charge in [0.25, 0.3) is 0 Å². The molecule has 7 atom stereocenters. The minimum absolute atomic E-state index is 0.0490. The van der Waals surface area contributed by atoms with E-state index in [1.54, 1.807) is 5.32 Å². The Kier molecular flexibility index (Phi) is 8.45. The first-order valence-corrected chi connectivity index (χ1v) is 11.6. The Hall–Kier alpha value is -1.82. The fourth-order valence-electron chi connectivity index (χ4n) is 3.83. The number of ether oxygens (including phenoxy) is 3. The number of ketones is 1. The molecule has 3 heterocycles. The minimum Gasteiger partial charge on any atom is -0.388 e. The number of aliphatic hydroxyl groups excluding tert-OH is 2. The second-order valence-electron chi connectivity index (χ2n) is 8.47. The van der Waals surface area contributed by atoms with Crippen molar-refractivity contribution in [1.82, 2.24) is 10.2 Å². The molecule has 3 rings (SSSR count). The first-order chi connectivity index (χ1) is 16.3. The summed E-state index contributed by atoms with van der Waals surface area (Å²) in [7, 11) is 0. The van der Waals surface area contributed by atoms with Crippen LogP contribution >= 0.6 is 11.8 Å². The van der Waals surface area contributed by atoms with Gasteiger partial charge in [-0.1, -0.05) is 0 Å². The van der Waals surface area contributed by atoms with Gasteiger partial charge in [-0.2, -0.15) is 13.2 Å². The van der Waals surface area contributed by atoms with Gasteiger partial charge in [0.15, 0.2) is 6.29 Å². The first-order valence-electron chi connectivity index (χ1n) is 10.6. The van der Waals surface area contributed by atoms with E-state index in [9.17, 15) is 42.6 Å². The molecule has 0 spiro atoms. The predicted molar refractivity (Wildman–Crippen MR) is 111 cm³/mol. The molecule has 3 saturated heterocycles. The van der Waals surface area contributed by atoms with Crippen LogP contribution in [-0.2, 0) is 33.4 Å². The maximum atomic E-state index is 12.5. The quantitative estimate of drug-likeness (QED) is 0.176. The largest absolute Gasteiger partial charge is 0.471 e. The third-order valence-electron chi connectivity index (χ3n) is 5.93. The van der Waals surface area contributed by atoms with Crippen LogP contribution in [0.1, 0.15) is 13.3 Å². The van der Waals surface area contributed by atoms with Crippen molar-refractivity contribution in [3.63, 3.8) is 0 Å². The highest BCUT2D eigenvalue weighted by Crippen LogP contribution is 2.37. The molecule has 3 aliphatic heterocycles. The van der Waals surface area contributed by atoms with Gasteiger partial charge in [-0.15, -0.1) is 11.8 Å². The number of imide groups is 1. The number of Topliss-reactive ketones (excluding diaryl/α,β-unsaturated/α-hetero) is 1. The van der Waals surface area contributed by atoms with Crippen molar-refractivity contribution in [2.45, 2.75) is 61.0 Å². The summed E-state index contributed by atoms with van der Waals surface area (Å²) >= 11 is 1.12. The summed E-state index contributed by atoms with van der Waals surface area (Å²) in [5.74, 6) is -3.24. The van der Waals surface area contributed by atoms with E-state index >= 15 is 0 Å². The highest BCUT2D eigenvalue weighted by atomic mass is 32.2. The number of alkyl halides is 3. The van der Waals surface area contributed by atoms with Crippen LogP contribution in [0.5, 0.6) is 0 Å². The number of likely N-dealkylation sites (tertiary alicyclic amines) is 1. The third-order valence-corrected chi connectivity index (χ3v) is 7.25. The Bertz CT molecular complexity index is 863. The van der Waals surface area contributed by atoms with Gasteiger partial charge in [0.05, 0.1) is 37.7 Å². The van der Waals surface area contributed by atoms with Crippen molar-refractivity contribution >= 4 is 35.3 Å². The Morgan fingerprint density at radius 3 is 2.69 bits per heavy atom. The average Bonchev–Trinajstić information content (AvgIpc) is 3.30. The van der Waals surface area contributed by atoms with E-state index in [1.807, 2.05) is 0 Å². The lowest BCUT2D eigenvalue weighted by Crippen LogP contribution is -2.67. The van der Waals surface area contributed by atoms with Crippen molar-refractivity contribution < 1.29 is 56.8 Å². The highest BCUT2D eigenvalue weighted by molar-refractivity contribution is 8.00. The standard InChI is InChI=1S/C19H26F3N3O9S/c1-8(26)9(23)5-35-10-4-11(27)25(15(10)30)2-3-32-6-18-7-33-16(34-18)12(13(28)14(18)29)24-17(31)19(20,21)22/h9-10,12-14,16,28-29H,2-7,23H2,1H3,(H,24,31)/t9?,10?,12-,13+,14+,16-,18-/m0/s1. The number of aliphatic hydroxyl groups is 2. The van der Waals surface area contributed by atoms with E-state index in [4.69, 9.17) is 19.9 Å². The molecule has 2 bridgehead atoms. The van der Waals surface area contributed by atoms with Gasteiger partial charge < -0.3 is 35.5 Å². The molecule has 0 aromatic rings. The van der Waals surface area contributed by atoms with E-state index in [0.29, 0.717) is 0 Å². The minimum atomic E-state index is -5.21. The second-order valence-corrected chi connectivity index (χ2v) is 9.71. The lowest BCUT2D eigenvalue weighted by atomic mass is 9.88. The van der Waals surface area contributed by atoms with E-state index in [-0.39, 0.29) is 44.3 Å². The second kappa shape index (κ2) is 10.7. The maximum absolute atomic E-state index is 12.5. The number of nitrogens with zero attached hydrogens (tertiary/aromatic N) is 1. The van der Waals surface area contributed by atoms with Crippen LogP contribution in [0, 0.1) is 0 Å². The normalized spacial score (nSPS) is 33.8. The number of fused-ring (bicyclic) bond motifs is 2. The summed E-state index contributed by atoms with van der Waals surface area (Å²) in [6, 6.07) is -2.41. The summed E-state index contributed by atoms with van der Waals surface area (Å²) in [6.07, 6.45) is -10.3. The fourth-order valence-corrected chi connectivity index (χ4v) is 5.03. The fraction of sp³-hybridized carbons (Fsp3) is 0.789. The lowest BCUT2D eigenvalue weighted by molar-refractivity contribution is -0.240. The van der Waals surface area contributed by atoms with Crippen LogP contribution in [0.3, 0.4) is 0 Å². The Morgan fingerprint density at radius 2 is 2.06 bits per heavy atom. The van der Waals surface area contributed by atoms with Crippen LogP contribution in [0.25, 0.3) is 0 Å². The molecule has 3 fully saturated rings. The zero-order valence-corrected chi connectivity index (χ0v) is 19.3. The number of amides is 3. The summed E-state index contributed by atoms with van der Waals surface area (Å²) in [4.78, 5) is 48.1. The zero-order valence-electron chi connectivity index (χ0n) is 18.5. The molecular formula is C19H26F3N3O9S. The number of hydrogen-bond donors (Lipinski definition) is 4. The Labute approximate surface area is 201 Å². The van der Waals surface area contributed by atoms with Gasteiger partial charge in [0.1, 0.15) is 29.6 Å². The number of nitrogens with one attached hydrogen (secondary N) is 1. The topological polar surface area (TPSA) is 178 Å². The summed E-state index contributed by atoms with van der Waals surface area (Å²) in [5, 5.41) is 21.6. The smallest absolute Gasteiger partial charge is 0.388 e. The van der Waals surface area contributed by atoms with Gasteiger partial charge >= 0.3 is 12.1 Å². The van der Waals surface area contributed by atoms with Crippen LogP contribution < -0.4 is 11.1 Å². The Morgan fingerprint density at radius 1 is 1.37 bits per heavy atom. The van der Waals surface area contributed by atoms with Gasteiger partial charge in [-0.3, -0.25) is 24.1 Å². The molecule has 5 N–H and O–H groups in total. The monoisotopic (exact) mass is 529 g/mol. The molecule has 3 aliphatic rings. The first kappa shape index (κ1) is 27.8. The van der Waals surface area contributed by atoms with E-state index in [1.165, 1.54) is 6.92 Å². The van der Waals surface area contributed by atoms with Crippen LogP contribution in [-0.4, -0.2) is 118 Å². The van der Waals surface area contributed by atoms with Gasteiger partial charge in [-0.25, -0.2) is 0 Å². The molecule has 0 radical (unpaired) electrons. The van der Waals surface area contributed by atoms with Crippen LogP contribution in [0.15, 0.2) is 0 Å². The highest BCUT2D eigenvalue weighted by Gasteiger charge is 2.60. The van der Waals surface area contributed by atoms with Crippen LogP contribution in [0.2, 0.25) is 0 Å².